The van der Waals surface area contributed by atoms with E-state index < -0.39 is 37.4 Å². The first-order chi connectivity index (χ1) is 6.83. The minimum atomic E-state index is -5.17. The Morgan fingerprint density at radius 2 is 1.00 bits per heavy atom. The van der Waals surface area contributed by atoms with Crippen LogP contribution in [0.2, 0.25) is 0 Å². The maximum Gasteiger partial charge on any atom is 2.00 e. The first kappa shape index (κ1) is 17.1. The molecule has 2 aliphatic heterocycles. The Labute approximate surface area is 105 Å². The monoisotopic (exact) mass is 359 g/mol. The van der Waals surface area contributed by atoms with Crippen molar-refractivity contribution in [2.24, 2.45) is 0 Å². The summed E-state index contributed by atoms with van der Waals surface area (Å²) in [7, 11) is -13.4. The molecule has 2 rings (SSSR count). The van der Waals surface area contributed by atoms with Gasteiger partial charge in [-0.25, -0.2) is 0 Å². The maximum atomic E-state index is 10.1. The van der Waals surface area contributed by atoms with Gasteiger partial charge in [0.25, 0.3) is 0 Å². The van der Waals surface area contributed by atoms with Gasteiger partial charge < -0.3 is 9.11 Å². The van der Waals surface area contributed by atoms with Gasteiger partial charge in [-0.3, -0.25) is 8.42 Å². The molecule has 2 aliphatic rings. The molecule has 0 amide bonds. The predicted molar refractivity (Wildman–Crippen MR) is 35.4 cm³/mol. The van der Waals surface area contributed by atoms with E-state index in [1.54, 1.807) is 0 Å². The van der Waals surface area contributed by atoms with Gasteiger partial charge in [0.1, 0.15) is 0 Å². The van der Waals surface area contributed by atoms with Gasteiger partial charge in [0.2, 0.25) is 0 Å². The molecule has 0 N–H and O–H groups in total. The van der Waals surface area contributed by atoms with Crippen LogP contribution in [0.15, 0.2) is 0 Å². The van der Waals surface area contributed by atoms with E-state index in [-0.39, 0.29) is 16.8 Å². The SMILES string of the molecule is O=S(=O)([O-])[O-].O=S1(=O)OC2(O1)OS(=O)(=O)O2.[Co+2]. The Hall–Kier alpha value is 0.116. The number of rotatable bonds is 0. The zero-order chi connectivity index (χ0) is 12.8. The molecule has 0 bridgehead atoms. The Morgan fingerprint density at radius 3 is 1.12 bits per heavy atom. The van der Waals surface area contributed by atoms with Crippen LogP contribution in [0.1, 0.15) is 0 Å². The zero-order valence-electron chi connectivity index (χ0n) is 6.96. The van der Waals surface area contributed by atoms with E-state index in [0.29, 0.717) is 0 Å². The fourth-order valence-electron chi connectivity index (χ4n) is 0.568. The molecule has 2 saturated heterocycles. The zero-order valence-corrected chi connectivity index (χ0v) is 10.4. The summed E-state index contributed by atoms with van der Waals surface area (Å²) in [5.41, 5.74) is 0. The Balaban J connectivity index is 0.000000373. The Morgan fingerprint density at radius 1 is 0.824 bits per heavy atom. The molecular weight excluding hydrogens is 359 g/mol. The van der Waals surface area contributed by atoms with Crippen LogP contribution in [0.25, 0.3) is 0 Å². The third-order valence-electron chi connectivity index (χ3n) is 0.816. The summed E-state index contributed by atoms with van der Waals surface area (Å²) >= 11 is 0. The second-order valence-electron chi connectivity index (χ2n) is 2.06. The minimum Gasteiger partial charge on any atom is -0.759 e. The largest absolute Gasteiger partial charge is 2.00 e. The van der Waals surface area contributed by atoms with E-state index >= 15 is 0 Å². The molecule has 0 aromatic rings. The second-order valence-corrected chi connectivity index (χ2v) is 5.17. The van der Waals surface area contributed by atoms with Crippen LogP contribution >= 0.6 is 0 Å². The molecule has 0 saturated carbocycles. The maximum absolute atomic E-state index is 10.1. The summed E-state index contributed by atoms with van der Waals surface area (Å²) in [5, 5.41) is 0. The van der Waals surface area contributed by atoms with Crippen LogP contribution in [0.4, 0.5) is 0 Å². The summed E-state index contributed by atoms with van der Waals surface area (Å²) in [5.74, 6) is 0. The molecule has 0 aliphatic carbocycles. The van der Waals surface area contributed by atoms with Crippen LogP contribution < -0.4 is 0 Å². The third kappa shape index (κ3) is 5.52. The molecule has 12 nitrogen and oxygen atoms in total. The summed E-state index contributed by atoms with van der Waals surface area (Å²) in [4.78, 5) is 0. The van der Waals surface area contributed by atoms with E-state index in [1.165, 1.54) is 0 Å². The first-order valence-corrected chi connectivity index (χ1v) is 6.82. The van der Waals surface area contributed by atoms with Gasteiger partial charge in [0.15, 0.2) is 0 Å². The molecule has 16 heteroatoms. The fraction of sp³-hybridized carbons (Fsp3) is 1.00. The van der Waals surface area contributed by atoms with Crippen molar-refractivity contribution in [1.82, 2.24) is 0 Å². The second kappa shape index (κ2) is 4.66. The van der Waals surface area contributed by atoms with Crippen molar-refractivity contribution in [1.29, 1.82) is 0 Å². The van der Waals surface area contributed by atoms with Crippen molar-refractivity contribution >= 4 is 31.2 Å². The Bertz CT molecular complexity index is 502. The van der Waals surface area contributed by atoms with E-state index in [9.17, 15) is 16.8 Å². The van der Waals surface area contributed by atoms with Gasteiger partial charge in [-0.15, -0.1) is 0 Å². The van der Waals surface area contributed by atoms with Crippen molar-refractivity contribution in [3.05, 3.63) is 0 Å². The van der Waals surface area contributed by atoms with Crippen LogP contribution in [-0.4, -0.2) is 40.5 Å². The van der Waals surface area contributed by atoms with Crippen LogP contribution in [0.5, 0.6) is 0 Å². The summed E-state index contributed by atoms with van der Waals surface area (Å²) in [6.45, 7) is 0. The van der Waals surface area contributed by atoms with Gasteiger partial charge in [0, 0.05) is 10.4 Å². The molecule has 0 unspecified atom stereocenters. The minimum absolute atomic E-state index is 0. The van der Waals surface area contributed by atoms with Gasteiger partial charge in [-0.05, 0) is 0 Å². The van der Waals surface area contributed by atoms with Crippen LogP contribution in [0, 0.1) is 0 Å². The normalized spacial score (nSPS) is 26.5. The van der Waals surface area contributed by atoms with E-state index in [4.69, 9.17) is 17.5 Å². The average Bonchev–Trinajstić information content (AvgIpc) is 1.71. The van der Waals surface area contributed by atoms with Gasteiger partial charge in [0.05, 0.1) is 0 Å². The fourth-order valence-corrected chi connectivity index (χ4v) is 2.04. The van der Waals surface area contributed by atoms with Crippen LogP contribution in [-0.2, 0) is 64.7 Å². The average molecular weight is 359 g/mol. The van der Waals surface area contributed by atoms with Gasteiger partial charge in [-0.2, -0.15) is 33.6 Å². The molecule has 2 heterocycles. The van der Waals surface area contributed by atoms with Crippen molar-refractivity contribution < 1.29 is 67.9 Å². The molecule has 1 spiro atoms. The van der Waals surface area contributed by atoms with Crippen LogP contribution in [0.3, 0.4) is 0 Å². The molecule has 103 valence electrons. The summed E-state index contributed by atoms with van der Waals surface area (Å²) in [6.07, 6.45) is -2.36. The summed E-state index contributed by atoms with van der Waals surface area (Å²) < 4.78 is 89.8. The topological polar surface area (TPSA) is 185 Å². The molecule has 17 heavy (non-hydrogen) atoms. The predicted octanol–water partition coefficient (Wildman–Crippen LogP) is -3.16. The van der Waals surface area contributed by atoms with Crippen molar-refractivity contribution in [3.63, 3.8) is 0 Å². The smallest absolute Gasteiger partial charge is 0.759 e. The van der Waals surface area contributed by atoms with E-state index in [1.807, 2.05) is 0 Å². The number of hydrogen-bond donors (Lipinski definition) is 0. The molecule has 2 fully saturated rings. The van der Waals surface area contributed by atoms with Gasteiger partial charge >= 0.3 is 43.7 Å². The van der Waals surface area contributed by atoms with Crippen molar-refractivity contribution in [3.8, 4) is 0 Å². The van der Waals surface area contributed by atoms with E-state index in [2.05, 4.69) is 16.7 Å². The summed E-state index contributed by atoms with van der Waals surface area (Å²) in [6, 6.07) is 0. The number of hydrogen-bond acceptors (Lipinski definition) is 12. The van der Waals surface area contributed by atoms with Gasteiger partial charge in [-0.1, -0.05) is 0 Å². The first-order valence-electron chi connectivity index (χ1n) is 2.82. The molecule has 0 atom stereocenters. The standard InChI is InChI=1S/CO8S2.Co.H2O4S/c2-10(3)6-1(7-10)8-11(4,5)9-1;;1-5(2,3)4/h;;(H2,1,2,3,4)/q;+2;/p-2. The molecule has 0 aromatic heterocycles. The third-order valence-corrected chi connectivity index (χ3v) is 2.45. The van der Waals surface area contributed by atoms with Crippen molar-refractivity contribution in [2.75, 3.05) is 0 Å². The molecule has 0 aromatic carbocycles. The molecular formula is CCoO12S3. The Kier molecular flexibility index (Phi) is 4.69. The van der Waals surface area contributed by atoms with E-state index in [0.717, 1.165) is 0 Å². The van der Waals surface area contributed by atoms with Crippen molar-refractivity contribution in [2.45, 2.75) is 6.16 Å². The molecule has 1 radical (unpaired) electrons. The quantitative estimate of drug-likeness (QED) is 0.312.